The minimum atomic E-state index is -0.585. The van der Waals surface area contributed by atoms with Crippen molar-refractivity contribution in [1.29, 1.82) is 0 Å². The van der Waals surface area contributed by atoms with E-state index >= 15 is 0 Å². The van der Waals surface area contributed by atoms with Crippen LogP contribution in [0.1, 0.15) is 48.6 Å². The molecular formula is C61H44BN3S. The van der Waals surface area contributed by atoms with E-state index in [1.807, 2.05) is 11.3 Å². The van der Waals surface area contributed by atoms with Crippen molar-refractivity contribution in [2.75, 3.05) is 14.7 Å². The molecule has 14 rings (SSSR count). The molecule has 1 spiro atoms. The fourth-order valence-electron chi connectivity index (χ4n) is 11.9. The Balaban J connectivity index is 1.15. The van der Waals surface area contributed by atoms with E-state index < -0.39 is 5.41 Å². The average molecular weight is 862 g/mol. The van der Waals surface area contributed by atoms with Crippen LogP contribution in [0, 0.1) is 0 Å². The van der Waals surface area contributed by atoms with E-state index in [-0.39, 0.29) is 12.1 Å². The maximum absolute atomic E-state index is 2.62. The summed E-state index contributed by atoms with van der Waals surface area (Å²) < 4.78 is 2.69. The van der Waals surface area contributed by atoms with Gasteiger partial charge >= 0.3 is 0 Å². The van der Waals surface area contributed by atoms with E-state index in [0.717, 1.165) is 22.7 Å². The fourth-order valence-corrected chi connectivity index (χ4v) is 13.2. The van der Waals surface area contributed by atoms with Crippen LogP contribution >= 0.6 is 11.3 Å². The zero-order valence-electron chi connectivity index (χ0n) is 37.0. The summed E-state index contributed by atoms with van der Waals surface area (Å²) in [6.45, 7) is 7.09. The smallest absolute Gasteiger partial charge is 0.264 e. The molecule has 3 aliphatic heterocycles. The first-order chi connectivity index (χ1) is 32.4. The van der Waals surface area contributed by atoms with Crippen LogP contribution in [0.2, 0.25) is 0 Å². The number of anilines is 9. The number of hydrogen-bond acceptors (Lipinski definition) is 4. The monoisotopic (exact) mass is 861 g/mol. The number of thiophene rings is 1. The Morgan fingerprint density at radius 1 is 0.439 bits per heavy atom. The standard InChI is InChI=1S/C61H44BN3S/c1-60(2,3)41-36-54-57-55(37-41)65(43-22-8-5-9-23-43)58-49-28-12-15-31-56(49)66-59(58)62(57)52-33-32-46-38-53(52)64(54)45-25-17-19-40(35-45)61(50-29-13-10-26-47(50)48-27-11-14-30-51(48)61)39-18-16-24-44(34-39)63(46)42-20-6-4-7-21-42/h4-38H,1-3H3. The van der Waals surface area contributed by atoms with E-state index in [0.29, 0.717) is 0 Å². The van der Waals surface area contributed by atoms with Crippen molar-refractivity contribution in [2.45, 2.75) is 31.6 Å². The molecule has 0 N–H and O–H groups in total. The quantitative estimate of drug-likeness (QED) is 0.160. The van der Waals surface area contributed by atoms with Gasteiger partial charge in [-0.15, -0.1) is 11.3 Å². The van der Waals surface area contributed by atoms with E-state index in [4.69, 9.17) is 0 Å². The largest absolute Gasteiger partial charge is 0.311 e. The van der Waals surface area contributed by atoms with Gasteiger partial charge in [-0.3, -0.25) is 0 Å². The highest BCUT2D eigenvalue weighted by atomic mass is 32.1. The third-order valence-corrected chi connectivity index (χ3v) is 16.0. The first-order valence-corrected chi connectivity index (χ1v) is 23.9. The predicted octanol–water partition coefficient (Wildman–Crippen LogP) is 14.4. The number of hydrogen-bond donors (Lipinski definition) is 0. The van der Waals surface area contributed by atoms with Crippen LogP contribution in [-0.2, 0) is 10.8 Å². The van der Waals surface area contributed by atoms with E-state index in [9.17, 15) is 0 Å². The van der Waals surface area contributed by atoms with Crippen molar-refractivity contribution in [2.24, 2.45) is 0 Å². The number of rotatable bonds is 2. The van der Waals surface area contributed by atoms with Gasteiger partial charge in [0.1, 0.15) is 0 Å². The summed E-state index contributed by atoms with van der Waals surface area (Å²) in [7, 11) is 0. The molecule has 0 radical (unpaired) electrons. The lowest BCUT2D eigenvalue weighted by Crippen LogP contribution is -2.60. The highest BCUT2D eigenvalue weighted by Gasteiger charge is 2.49. The van der Waals surface area contributed by atoms with Gasteiger partial charge in [0.15, 0.2) is 0 Å². The van der Waals surface area contributed by atoms with E-state index in [1.54, 1.807) is 0 Å². The molecule has 6 bridgehead atoms. The maximum Gasteiger partial charge on any atom is 0.264 e. The molecular weight excluding hydrogens is 818 g/mol. The fraction of sp³-hybridized carbons (Fsp3) is 0.0820. The summed E-state index contributed by atoms with van der Waals surface area (Å²) in [4.78, 5) is 7.66. The second kappa shape index (κ2) is 13.7. The Morgan fingerprint density at radius 2 is 0.970 bits per heavy atom. The number of nitrogens with zero attached hydrogens (tertiary/aromatic N) is 3. The Hall–Kier alpha value is -7.60. The molecule has 1 aliphatic carbocycles. The minimum absolute atomic E-state index is 0.0150. The summed E-state index contributed by atoms with van der Waals surface area (Å²) in [5.41, 5.74) is 21.6. The van der Waals surface area contributed by atoms with Gasteiger partial charge < -0.3 is 14.7 Å². The van der Waals surface area contributed by atoms with Crippen molar-refractivity contribution in [1.82, 2.24) is 0 Å². The molecule has 9 aromatic carbocycles. The van der Waals surface area contributed by atoms with Crippen LogP contribution in [0.4, 0.5) is 51.2 Å². The molecule has 4 heterocycles. The maximum atomic E-state index is 2.62. The van der Waals surface area contributed by atoms with Crippen LogP contribution < -0.4 is 30.4 Å². The molecule has 0 saturated heterocycles. The van der Waals surface area contributed by atoms with Crippen molar-refractivity contribution < 1.29 is 0 Å². The Bertz CT molecular complexity index is 3580. The molecule has 0 fully saturated rings. The van der Waals surface area contributed by atoms with E-state index in [1.165, 1.54) is 93.2 Å². The topological polar surface area (TPSA) is 9.72 Å². The van der Waals surface area contributed by atoms with Crippen molar-refractivity contribution in [3.8, 4) is 11.1 Å². The lowest BCUT2D eigenvalue weighted by atomic mass is 9.36. The van der Waals surface area contributed by atoms with Gasteiger partial charge in [0, 0.05) is 60.4 Å². The molecule has 4 aliphatic rings. The molecule has 5 heteroatoms. The van der Waals surface area contributed by atoms with Gasteiger partial charge in [0.25, 0.3) is 6.71 Å². The third kappa shape index (κ3) is 5.09. The Kier molecular flexibility index (Phi) is 7.84. The summed E-state index contributed by atoms with van der Waals surface area (Å²) in [5, 5.41) is 1.29. The normalized spacial score (nSPS) is 14.6. The lowest BCUT2D eigenvalue weighted by Gasteiger charge is -2.45. The summed E-state index contributed by atoms with van der Waals surface area (Å²) in [5.74, 6) is 0. The molecule has 3 nitrogen and oxygen atoms in total. The van der Waals surface area contributed by atoms with Crippen LogP contribution in [0.25, 0.3) is 21.2 Å². The first kappa shape index (κ1) is 37.7. The van der Waals surface area contributed by atoms with Gasteiger partial charge in [-0.25, -0.2) is 0 Å². The zero-order valence-corrected chi connectivity index (χ0v) is 37.9. The molecule has 1 aromatic heterocycles. The van der Waals surface area contributed by atoms with Gasteiger partial charge in [0.2, 0.25) is 0 Å². The minimum Gasteiger partial charge on any atom is -0.311 e. The van der Waals surface area contributed by atoms with E-state index in [2.05, 4.69) is 248 Å². The second-order valence-electron chi connectivity index (χ2n) is 19.3. The van der Waals surface area contributed by atoms with Crippen LogP contribution in [0.15, 0.2) is 212 Å². The SMILES string of the molecule is CC(C)(C)c1cc2c3c(c1)N(c1ccccc1)c1c(sc4ccccc14)B3c1ccc3cc1N2c1cccc(c1)C1(c2cccc(c2)N3c2ccccc2)c2ccccc2-c2ccccc21. The van der Waals surface area contributed by atoms with Gasteiger partial charge in [-0.1, -0.05) is 154 Å². The highest BCUT2D eigenvalue weighted by molar-refractivity contribution is 7.33. The summed E-state index contributed by atoms with van der Waals surface area (Å²) >= 11 is 1.95. The van der Waals surface area contributed by atoms with Gasteiger partial charge in [-0.2, -0.15) is 0 Å². The molecule has 312 valence electrons. The molecule has 0 unspecified atom stereocenters. The Morgan fingerprint density at radius 3 is 1.62 bits per heavy atom. The van der Waals surface area contributed by atoms with Gasteiger partial charge in [0.05, 0.1) is 11.1 Å². The van der Waals surface area contributed by atoms with Crippen molar-refractivity contribution >= 4 is 95.0 Å². The third-order valence-electron chi connectivity index (χ3n) is 14.7. The predicted molar refractivity (Wildman–Crippen MR) is 280 cm³/mol. The van der Waals surface area contributed by atoms with Crippen LogP contribution in [0.3, 0.4) is 0 Å². The molecule has 66 heavy (non-hydrogen) atoms. The van der Waals surface area contributed by atoms with Crippen molar-refractivity contribution in [3.63, 3.8) is 0 Å². The second-order valence-corrected chi connectivity index (χ2v) is 20.4. The molecule has 10 aromatic rings. The highest BCUT2D eigenvalue weighted by Crippen LogP contribution is 2.58. The lowest BCUT2D eigenvalue weighted by molar-refractivity contribution is 0.590. The summed E-state index contributed by atoms with van der Waals surface area (Å²) in [6.07, 6.45) is 0. The summed E-state index contributed by atoms with van der Waals surface area (Å²) in [6, 6.07) is 80.4. The number of fused-ring (bicyclic) bond motifs is 19. The molecule has 0 amide bonds. The number of benzene rings is 9. The van der Waals surface area contributed by atoms with Crippen LogP contribution in [0.5, 0.6) is 0 Å². The Labute approximate surface area is 390 Å². The molecule has 0 saturated carbocycles. The number of para-hydroxylation sites is 2. The van der Waals surface area contributed by atoms with Gasteiger partial charge in [-0.05, 0) is 134 Å². The zero-order chi connectivity index (χ0) is 43.9. The van der Waals surface area contributed by atoms with Crippen LogP contribution in [-0.4, -0.2) is 6.71 Å². The first-order valence-electron chi connectivity index (χ1n) is 23.1. The average Bonchev–Trinajstić information content (AvgIpc) is 3.88. The molecule has 0 atom stereocenters. The van der Waals surface area contributed by atoms with Crippen molar-refractivity contribution in [3.05, 3.63) is 240 Å².